The third-order valence-electron chi connectivity index (χ3n) is 17.8. The van der Waals surface area contributed by atoms with Gasteiger partial charge in [0.15, 0.2) is 17.4 Å². The van der Waals surface area contributed by atoms with Gasteiger partial charge in [-0.25, -0.2) is 9.97 Å². The molecule has 6 atom stereocenters. The minimum absolute atomic E-state index is 0.0726. The number of carbonyl (C=O) groups is 2. The zero-order valence-electron chi connectivity index (χ0n) is 46.4. The molecule has 2 bridgehead atoms. The summed E-state index contributed by atoms with van der Waals surface area (Å²) >= 11 is 1.48. The van der Waals surface area contributed by atoms with Crippen LogP contribution in [0.5, 0.6) is 11.6 Å². The van der Waals surface area contributed by atoms with Crippen molar-refractivity contribution in [3.63, 3.8) is 0 Å². The van der Waals surface area contributed by atoms with E-state index in [0.717, 1.165) is 130 Å². The van der Waals surface area contributed by atoms with Crippen molar-refractivity contribution in [2.45, 2.75) is 133 Å². The normalized spacial score (nSPS) is 24.4. The van der Waals surface area contributed by atoms with Crippen molar-refractivity contribution in [1.29, 1.82) is 0 Å². The number of carbonyl (C=O) groups excluding carboxylic acids is 2. The van der Waals surface area contributed by atoms with Crippen LogP contribution in [0, 0.1) is 11.8 Å². The van der Waals surface area contributed by atoms with Gasteiger partial charge in [0.25, 0.3) is 0 Å². The van der Waals surface area contributed by atoms with Crippen molar-refractivity contribution in [1.82, 2.24) is 40.4 Å². The number of fused-ring (bicyclic) bond motifs is 2. The van der Waals surface area contributed by atoms with Crippen LogP contribution in [0.15, 0.2) is 89.0 Å². The molecular weight excluding hydrogens is 1050 g/mol. The standard InChI is InChI=1S/C60H75N13O7S/c1-35(2)55(60(77)72-33-43(74)25-50(72)59(76)65-36(3)38-8-10-39(11-9-38)56-58(62)64-34-81-56)52-29-53(68-80-52)70-22-15-37(16-23-70)30-69-20-17-44(18-21-69)78-45-26-46(27-45)79-54-24-40(14-19-63-54)73-41-12-13-42(73)32-71(31-41)49-28-48(66-67-57(49)61)47-6-4-5-7-51(47)75/h4-11,14,19,24,28-29,34-37,41-46,50,55,74-75H,12-13,15-18,20-23,25-27,30-33,62H2,1-3H3,(H2,61,67)(H,65,76)/t36-,41+,42?,43+,45?,46?,50-,55+/m0/s1. The van der Waals surface area contributed by atoms with Gasteiger partial charge in [-0.05, 0) is 92.7 Å². The fraction of sp³-hybridized carbons (Fsp3) is 0.517. The first-order chi connectivity index (χ1) is 39.3. The maximum atomic E-state index is 14.4. The smallest absolute Gasteiger partial charge is 0.243 e. The van der Waals surface area contributed by atoms with Crippen molar-refractivity contribution >= 4 is 52.0 Å². The molecule has 20 nitrogen and oxygen atoms in total. The van der Waals surface area contributed by atoms with Crippen LogP contribution < -0.4 is 36.2 Å². The highest BCUT2D eigenvalue weighted by Gasteiger charge is 2.45. The van der Waals surface area contributed by atoms with Crippen molar-refractivity contribution in [3.05, 3.63) is 95.8 Å². The van der Waals surface area contributed by atoms with E-state index in [-0.39, 0.29) is 60.8 Å². The van der Waals surface area contributed by atoms with Gasteiger partial charge in [-0.1, -0.05) is 55.4 Å². The number of phenolic OH excluding ortho intramolecular Hbond substituents is 1. The van der Waals surface area contributed by atoms with Crippen LogP contribution in [0.3, 0.4) is 0 Å². The summed E-state index contributed by atoms with van der Waals surface area (Å²) in [6, 6.07) is 22.5. The highest BCUT2D eigenvalue weighted by Crippen LogP contribution is 2.41. The Balaban J connectivity index is 0.564. The monoisotopic (exact) mass is 1120 g/mol. The van der Waals surface area contributed by atoms with Crippen LogP contribution in [0.1, 0.15) is 102 Å². The topological polar surface area (TPSA) is 251 Å². The molecule has 1 unspecified atom stereocenters. The number of nitrogen functional groups attached to an aromatic ring is 2. The van der Waals surface area contributed by atoms with Gasteiger partial charge < -0.3 is 65.5 Å². The number of aromatic hydroxyl groups is 1. The number of piperidine rings is 2. The summed E-state index contributed by atoms with van der Waals surface area (Å²) in [7, 11) is 0. The lowest BCUT2D eigenvalue weighted by Crippen LogP contribution is -2.54. The van der Waals surface area contributed by atoms with Crippen LogP contribution in [0.2, 0.25) is 0 Å². The molecule has 2 amide bonds. The Morgan fingerprint density at radius 1 is 0.815 bits per heavy atom. The van der Waals surface area contributed by atoms with E-state index in [2.05, 4.69) is 62.4 Å². The van der Waals surface area contributed by atoms with E-state index >= 15 is 0 Å². The molecule has 1 aliphatic carbocycles. The molecule has 5 aliphatic heterocycles. The number of phenols is 1. The van der Waals surface area contributed by atoms with Crippen LogP contribution >= 0.6 is 11.3 Å². The van der Waals surface area contributed by atoms with E-state index in [1.54, 1.807) is 17.6 Å². The van der Waals surface area contributed by atoms with Crippen molar-refractivity contribution in [2.75, 3.05) is 78.5 Å². The summed E-state index contributed by atoms with van der Waals surface area (Å²) in [6.45, 7) is 12.4. The number of para-hydroxylation sites is 1. The number of pyridine rings is 1. The van der Waals surface area contributed by atoms with Crippen LogP contribution in [0.4, 0.5) is 28.8 Å². The summed E-state index contributed by atoms with van der Waals surface area (Å²) in [5.41, 5.74) is 19.2. The van der Waals surface area contributed by atoms with Gasteiger partial charge in [-0.3, -0.25) is 9.59 Å². The third kappa shape index (κ3) is 11.7. The molecule has 5 saturated heterocycles. The Morgan fingerprint density at radius 3 is 2.28 bits per heavy atom. The number of hydrogen-bond acceptors (Lipinski definition) is 19. The average Bonchev–Trinajstić information content (AvgIpc) is 4.30. The van der Waals surface area contributed by atoms with E-state index in [1.807, 2.05) is 75.5 Å². The number of aromatic nitrogens is 5. The Labute approximate surface area is 476 Å². The number of nitrogens with two attached hydrogens (primary N) is 2. The average molecular weight is 1120 g/mol. The van der Waals surface area contributed by atoms with Crippen molar-refractivity contribution in [3.8, 4) is 33.3 Å². The second-order valence-corrected chi connectivity index (χ2v) is 24.4. The highest BCUT2D eigenvalue weighted by molar-refractivity contribution is 7.13. The number of piperazine rings is 1. The largest absolute Gasteiger partial charge is 0.507 e. The van der Waals surface area contributed by atoms with Crippen LogP contribution in [-0.4, -0.2) is 152 Å². The number of nitrogens with one attached hydrogen (secondary N) is 1. The minimum atomic E-state index is -0.817. The molecule has 9 heterocycles. The number of benzene rings is 2. The quantitative estimate of drug-likeness (QED) is 0.0602. The van der Waals surface area contributed by atoms with Gasteiger partial charge in [0, 0.05) is 113 Å². The lowest BCUT2D eigenvalue weighted by Gasteiger charge is -2.43. The first-order valence-corrected chi connectivity index (χ1v) is 29.9. The lowest BCUT2D eigenvalue weighted by atomic mass is 9.91. The van der Waals surface area contributed by atoms with Gasteiger partial charge in [-0.15, -0.1) is 21.5 Å². The van der Waals surface area contributed by atoms with Crippen LogP contribution in [0.25, 0.3) is 21.7 Å². The molecule has 0 radical (unpaired) electrons. The Morgan fingerprint density at radius 2 is 1.57 bits per heavy atom. The van der Waals surface area contributed by atoms with E-state index < -0.39 is 18.1 Å². The van der Waals surface area contributed by atoms with Gasteiger partial charge in [0.05, 0.1) is 46.1 Å². The summed E-state index contributed by atoms with van der Waals surface area (Å²) in [5.74, 6) is 2.13. The van der Waals surface area contributed by atoms with E-state index in [4.69, 9.17) is 25.5 Å². The number of anilines is 5. The SMILES string of the molecule is CC(C)[C@@H](C(=O)N1C[C@H](O)C[C@H]1C(=O)N[C@@H](C)c1ccc(-c2scnc2N)cc1)c1cc(N2CCC(CN3CCC(OC4CC(Oc5cc(N6C7CC[C@@H]6CN(c6cc(-c8ccccc8O)nnc6N)C7)ccn5)C4)CC3)CC2)no1. The molecule has 0 spiro atoms. The first-order valence-electron chi connectivity index (χ1n) is 29.0. The molecule has 6 aliphatic rings. The molecule has 21 heteroatoms. The van der Waals surface area contributed by atoms with Gasteiger partial charge in [0.2, 0.25) is 17.7 Å². The Bertz CT molecular complexity index is 3140. The number of ether oxygens (including phenoxy) is 2. The second kappa shape index (κ2) is 23.4. The Hall–Kier alpha value is -7.07. The summed E-state index contributed by atoms with van der Waals surface area (Å²) in [4.78, 5) is 49.1. The number of likely N-dealkylation sites (tertiary alicyclic amines) is 2. The predicted octanol–water partition coefficient (Wildman–Crippen LogP) is 7.26. The third-order valence-corrected chi connectivity index (χ3v) is 18.7. The summed E-state index contributed by atoms with van der Waals surface area (Å²) in [6.07, 6.45) is 9.78. The summed E-state index contributed by atoms with van der Waals surface area (Å²) in [5, 5.41) is 37.4. The van der Waals surface area contributed by atoms with Gasteiger partial charge in [0.1, 0.15) is 29.6 Å². The molecule has 2 aromatic carbocycles. The highest BCUT2D eigenvalue weighted by atomic mass is 32.1. The second-order valence-electron chi connectivity index (χ2n) is 23.6. The molecule has 428 valence electrons. The number of β-amino-alcohol motifs (C(OH)–C–C–N with tert-alkyl or cyclic N) is 1. The number of amides is 2. The van der Waals surface area contributed by atoms with E-state index in [0.29, 0.717) is 52.5 Å². The fourth-order valence-corrected chi connectivity index (χ4v) is 14.0. The molecule has 1 saturated carbocycles. The summed E-state index contributed by atoms with van der Waals surface area (Å²) < 4.78 is 19.0. The fourth-order valence-electron chi connectivity index (χ4n) is 13.3. The van der Waals surface area contributed by atoms with Gasteiger partial charge >= 0.3 is 0 Å². The maximum absolute atomic E-state index is 14.4. The number of aliphatic hydroxyl groups is 1. The number of nitrogens with zero attached hydrogens (tertiary/aromatic N) is 10. The molecule has 6 aromatic rings. The maximum Gasteiger partial charge on any atom is 0.243 e. The first kappa shape index (κ1) is 54.5. The molecule has 12 rings (SSSR count). The number of thiazole rings is 1. The number of hydrogen-bond donors (Lipinski definition) is 5. The lowest BCUT2D eigenvalue weighted by molar-refractivity contribution is -0.141. The molecule has 6 fully saturated rings. The Kier molecular flexibility index (Phi) is 15.8. The number of rotatable bonds is 17. The molecule has 81 heavy (non-hydrogen) atoms. The zero-order chi connectivity index (χ0) is 55.9. The molecular formula is C60H75N13O7S. The van der Waals surface area contributed by atoms with Crippen LogP contribution in [-0.2, 0) is 14.3 Å². The van der Waals surface area contributed by atoms with Crippen molar-refractivity contribution in [2.24, 2.45) is 11.8 Å². The van der Waals surface area contributed by atoms with E-state index in [1.165, 1.54) is 16.2 Å². The molecule has 4 aromatic heterocycles. The van der Waals surface area contributed by atoms with E-state index in [9.17, 15) is 19.8 Å². The minimum Gasteiger partial charge on any atom is -0.507 e. The number of aliphatic hydroxyl groups excluding tert-OH is 1. The zero-order valence-corrected chi connectivity index (χ0v) is 47.2. The predicted molar refractivity (Wildman–Crippen MR) is 311 cm³/mol. The molecule has 7 N–H and O–H groups in total. The van der Waals surface area contributed by atoms with Gasteiger partial charge in [-0.2, -0.15) is 0 Å². The van der Waals surface area contributed by atoms with Crippen molar-refractivity contribution < 1.29 is 33.8 Å².